The number of halogens is 1. The molecule has 0 saturated carbocycles. The van der Waals surface area contributed by atoms with Crippen LogP contribution in [0.4, 0.5) is 4.39 Å². The Morgan fingerprint density at radius 3 is 3.05 bits per heavy atom. The van der Waals surface area contributed by atoms with Gasteiger partial charge in [0.2, 0.25) is 0 Å². The molecule has 6 heteroatoms. The van der Waals surface area contributed by atoms with Crippen LogP contribution in [0.2, 0.25) is 0 Å². The standard InChI is InChI=1S/C14H15FN2O3/c15-12-4-10(7-16)3-11(5-12)8-17-1-2-20-9-13(17)6-14(18)19/h3-5,13H,1-2,6,8-9H2,(H,18,19). The normalized spacial score (nSPS) is 19.5. The Balaban J connectivity index is 2.12. The third kappa shape index (κ3) is 3.76. The smallest absolute Gasteiger partial charge is 0.305 e. The zero-order valence-electron chi connectivity index (χ0n) is 10.9. The number of hydrogen-bond donors (Lipinski definition) is 1. The summed E-state index contributed by atoms with van der Waals surface area (Å²) in [6.07, 6.45) is -0.0135. The van der Waals surface area contributed by atoms with Crippen molar-refractivity contribution in [1.29, 1.82) is 5.26 Å². The third-order valence-corrected chi connectivity index (χ3v) is 3.23. The molecule has 1 atom stereocenters. The van der Waals surface area contributed by atoms with Crippen LogP contribution < -0.4 is 0 Å². The molecule has 0 aromatic heterocycles. The molecule has 0 bridgehead atoms. The monoisotopic (exact) mass is 278 g/mol. The average molecular weight is 278 g/mol. The lowest BCUT2D eigenvalue weighted by Crippen LogP contribution is -2.45. The van der Waals surface area contributed by atoms with Gasteiger partial charge in [-0.05, 0) is 23.8 Å². The molecule has 1 N–H and O–H groups in total. The highest BCUT2D eigenvalue weighted by atomic mass is 19.1. The lowest BCUT2D eigenvalue weighted by molar-refractivity contribution is -0.140. The number of nitrogens with zero attached hydrogens (tertiary/aromatic N) is 2. The van der Waals surface area contributed by atoms with Crippen molar-refractivity contribution >= 4 is 5.97 Å². The first-order valence-electron chi connectivity index (χ1n) is 6.31. The van der Waals surface area contributed by atoms with Crippen LogP contribution in [-0.4, -0.2) is 41.8 Å². The molecule has 0 radical (unpaired) electrons. The molecule has 2 rings (SSSR count). The molecule has 5 nitrogen and oxygen atoms in total. The molecule has 1 aromatic carbocycles. The summed E-state index contributed by atoms with van der Waals surface area (Å²) in [4.78, 5) is 12.8. The predicted molar refractivity (Wildman–Crippen MR) is 68.4 cm³/mol. The van der Waals surface area contributed by atoms with E-state index in [0.29, 0.717) is 31.9 Å². The predicted octanol–water partition coefficient (Wildman–Crippen LogP) is 1.37. The number of benzene rings is 1. The average Bonchev–Trinajstić information content (AvgIpc) is 2.39. The van der Waals surface area contributed by atoms with Crippen molar-refractivity contribution < 1.29 is 19.0 Å². The number of nitriles is 1. The van der Waals surface area contributed by atoms with Crippen molar-refractivity contribution in [1.82, 2.24) is 4.90 Å². The molecule has 1 saturated heterocycles. The minimum Gasteiger partial charge on any atom is -0.481 e. The van der Waals surface area contributed by atoms with Crippen LogP contribution in [0.15, 0.2) is 18.2 Å². The molecule has 106 valence electrons. The van der Waals surface area contributed by atoms with Gasteiger partial charge in [-0.2, -0.15) is 5.26 Å². The van der Waals surface area contributed by atoms with E-state index in [1.807, 2.05) is 11.0 Å². The van der Waals surface area contributed by atoms with Crippen molar-refractivity contribution in [3.8, 4) is 6.07 Å². The van der Waals surface area contributed by atoms with Gasteiger partial charge in [-0.3, -0.25) is 9.69 Å². The zero-order chi connectivity index (χ0) is 14.5. The highest BCUT2D eigenvalue weighted by molar-refractivity contribution is 5.67. The van der Waals surface area contributed by atoms with Gasteiger partial charge >= 0.3 is 5.97 Å². The van der Waals surface area contributed by atoms with E-state index in [9.17, 15) is 9.18 Å². The Hall–Kier alpha value is -1.97. The maximum absolute atomic E-state index is 13.4. The fraction of sp³-hybridized carbons (Fsp3) is 0.429. The second kappa shape index (κ2) is 6.46. The maximum Gasteiger partial charge on any atom is 0.305 e. The van der Waals surface area contributed by atoms with Crippen LogP contribution >= 0.6 is 0 Å². The summed E-state index contributed by atoms with van der Waals surface area (Å²) < 4.78 is 18.7. The highest BCUT2D eigenvalue weighted by Crippen LogP contribution is 2.17. The lowest BCUT2D eigenvalue weighted by Gasteiger charge is -2.34. The molecule has 1 aromatic rings. The Morgan fingerprint density at radius 2 is 2.35 bits per heavy atom. The Labute approximate surface area is 116 Å². The number of carboxylic acid groups (broad SMARTS) is 1. The number of aliphatic carboxylic acids is 1. The molecule has 1 aliphatic heterocycles. The molecule has 1 unspecified atom stereocenters. The topological polar surface area (TPSA) is 73.6 Å². The lowest BCUT2D eigenvalue weighted by atomic mass is 10.1. The van der Waals surface area contributed by atoms with Gasteiger partial charge in [-0.1, -0.05) is 0 Å². The van der Waals surface area contributed by atoms with Crippen LogP contribution in [0, 0.1) is 17.1 Å². The number of rotatable bonds is 4. The molecule has 0 amide bonds. The SMILES string of the molecule is N#Cc1cc(F)cc(CN2CCOCC2CC(=O)O)c1. The largest absolute Gasteiger partial charge is 0.481 e. The molecule has 1 aliphatic rings. The van der Waals surface area contributed by atoms with Gasteiger partial charge < -0.3 is 9.84 Å². The number of carbonyl (C=O) groups is 1. The Morgan fingerprint density at radius 1 is 1.55 bits per heavy atom. The minimum atomic E-state index is -0.887. The molecule has 0 aliphatic carbocycles. The van der Waals surface area contributed by atoms with E-state index in [0.717, 1.165) is 0 Å². The van der Waals surface area contributed by atoms with E-state index in [2.05, 4.69) is 0 Å². The zero-order valence-corrected chi connectivity index (χ0v) is 10.9. The molecule has 1 heterocycles. The summed E-state index contributed by atoms with van der Waals surface area (Å²) in [7, 11) is 0. The van der Waals surface area contributed by atoms with Gasteiger partial charge in [0.05, 0.1) is 31.3 Å². The van der Waals surface area contributed by atoms with Crippen molar-refractivity contribution in [3.05, 3.63) is 35.1 Å². The van der Waals surface area contributed by atoms with Gasteiger partial charge in [-0.25, -0.2) is 4.39 Å². The van der Waals surface area contributed by atoms with E-state index in [1.165, 1.54) is 12.1 Å². The van der Waals surface area contributed by atoms with Crippen LogP contribution in [-0.2, 0) is 16.1 Å². The minimum absolute atomic E-state index is 0.0135. The van der Waals surface area contributed by atoms with E-state index in [-0.39, 0.29) is 18.0 Å². The molecule has 0 spiro atoms. The molecule has 20 heavy (non-hydrogen) atoms. The number of carboxylic acids is 1. The van der Waals surface area contributed by atoms with Crippen LogP contribution in [0.5, 0.6) is 0 Å². The molecule has 1 fully saturated rings. The Bertz CT molecular complexity index is 542. The van der Waals surface area contributed by atoms with Crippen LogP contribution in [0.25, 0.3) is 0 Å². The van der Waals surface area contributed by atoms with Crippen molar-refractivity contribution in [2.24, 2.45) is 0 Å². The third-order valence-electron chi connectivity index (χ3n) is 3.23. The van der Waals surface area contributed by atoms with E-state index < -0.39 is 11.8 Å². The van der Waals surface area contributed by atoms with Gasteiger partial charge in [0.15, 0.2) is 0 Å². The summed E-state index contributed by atoms with van der Waals surface area (Å²) in [5.74, 6) is -1.34. The summed E-state index contributed by atoms with van der Waals surface area (Å²) in [6.45, 7) is 1.88. The second-order valence-corrected chi connectivity index (χ2v) is 4.76. The van der Waals surface area contributed by atoms with Crippen molar-refractivity contribution in [2.45, 2.75) is 19.0 Å². The van der Waals surface area contributed by atoms with E-state index in [1.54, 1.807) is 6.07 Å². The summed E-state index contributed by atoms with van der Waals surface area (Å²) in [5, 5.41) is 17.7. The van der Waals surface area contributed by atoms with Crippen molar-refractivity contribution in [2.75, 3.05) is 19.8 Å². The number of hydrogen-bond acceptors (Lipinski definition) is 4. The van der Waals surface area contributed by atoms with Crippen LogP contribution in [0.1, 0.15) is 17.5 Å². The Kier molecular flexibility index (Phi) is 4.66. The number of ether oxygens (including phenoxy) is 1. The van der Waals surface area contributed by atoms with Crippen molar-refractivity contribution in [3.63, 3.8) is 0 Å². The first-order valence-corrected chi connectivity index (χ1v) is 6.31. The maximum atomic E-state index is 13.4. The van der Waals surface area contributed by atoms with E-state index >= 15 is 0 Å². The van der Waals surface area contributed by atoms with E-state index in [4.69, 9.17) is 15.1 Å². The fourth-order valence-corrected chi connectivity index (χ4v) is 2.33. The molecular weight excluding hydrogens is 263 g/mol. The second-order valence-electron chi connectivity index (χ2n) is 4.76. The summed E-state index contributed by atoms with van der Waals surface area (Å²) >= 11 is 0. The number of morpholine rings is 1. The molecular formula is C14H15FN2O3. The van der Waals surface area contributed by atoms with Crippen LogP contribution in [0.3, 0.4) is 0 Å². The summed E-state index contributed by atoms with van der Waals surface area (Å²) in [5.41, 5.74) is 0.932. The summed E-state index contributed by atoms with van der Waals surface area (Å²) in [6, 6.07) is 5.85. The van der Waals surface area contributed by atoms with Gasteiger partial charge in [0.1, 0.15) is 5.82 Å². The first kappa shape index (κ1) is 14.4. The first-order chi connectivity index (χ1) is 9.58. The highest BCUT2D eigenvalue weighted by Gasteiger charge is 2.25. The van der Waals surface area contributed by atoms with Gasteiger partial charge in [-0.15, -0.1) is 0 Å². The fourth-order valence-electron chi connectivity index (χ4n) is 2.33. The van der Waals surface area contributed by atoms with Gasteiger partial charge in [0.25, 0.3) is 0 Å². The van der Waals surface area contributed by atoms with Gasteiger partial charge in [0, 0.05) is 19.1 Å². The quantitative estimate of drug-likeness (QED) is 0.900.